The first-order valence-electron chi connectivity index (χ1n) is 6.75. The number of aliphatic carboxylic acids is 1. The van der Waals surface area contributed by atoms with Gasteiger partial charge in [-0.3, -0.25) is 9.59 Å². The van der Waals surface area contributed by atoms with Crippen LogP contribution in [0.25, 0.3) is 0 Å². The van der Waals surface area contributed by atoms with E-state index in [4.69, 9.17) is 5.11 Å². The Balaban J connectivity index is 3.67. The van der Waals surface area contributed by atoms with Crippen LogP contribution in [0.15, 0.2) is 0 Å². The number of amides is 1. The summed E-state index contributed by atoms with van der Waals surface area (Å²) in [7, 11) is 0. The predicted molar refractivity (Wildman–Crippen MR) is 79.9 cm³/mol. The molecule has 0 bridgehead atoms. The maximum absolute atomic E-state index is 11.4. The molecule has 0 aliphatic rings. The van der Waals surface area contributed by atoms with Crippen molar-refractivity contribution in [1.82, 2.24) is 10.6 Å². The van der Waals surface area contributed by atoms with E-state index in [0.29, 0.717) is 25.3 Å². The quantitative estimate of drug-likeness (QED) is 0.237. The van der Waals surface area contributed by atoms with Gasteiger partial charge in [0.1, 0.15) is 6.29 Å². The van der Waals surface area contributed by atoms with E-state index >= 15 is 0 Å². The lowest BCUT2D eigenvalue weighted by Crippen LogP contribution is -2.37. The first-order chi connectivity index (χ1) is 9.49. The molecule has 20 heavy (non-hydrogen) atoms. The van der Waals surface area contributed by atoms with Crippen LogP contribution in [-0.2, 0) is 14.4 Å². The summed E-state index contributed by atoms with van der Waals surface area (Å²) in [6.07, 6.45) is 2.15. The average Bonchev–Trinajstić information content (AvgIpc) is 2.42. The summed E-state index contributed by atoms with van der Waals surface area (Å²) in [5.74, 6) is -0.113. The van der Waals surface area contributed by atoms with E-state index in [1.165, 1.54) is 0 Å². The highest BCUT2D eigenvalue weighted by Crippen LogP contribution is 2.11. The topological polar surface area (TPSA) is 95.5 Å². The van der Waals surface area contributed by atoms with Crippen molar-refractivity contribution < 1.29 is 19.5 Å². The van der Waals surface area contributed by atoms with Crippen molar-refractivity contribution >= 4 is 30.8 Å². The number of carbonyl (C=O) groups excluding carboxylic acids is 2. The monoisotopic (exact) mass is 304 g/mol. The van der Waals surface area contributed by atoms with Crippen molar-refractivity contribution in [3.8, 4) is 0 Å². The molecule has 0 aromatic heterocycles. The highest BCUT2D eigenvalue weighted by Gasteiger charge is 2.11. The van der Waals surface area contributed by atoms with Crippen LogP contribution in [-0.4, -0.2) is 48.7 Å². The van der Waals surface area contributed by atoms with Gasteiger partial charge in [0.15, 0.2) is 0 Å². The number of thiol groups is 1. The Kier molecular flexibility index (Phi) is 11.1. The minimum atomic E-state index is -0.863. The number of hydrogen-bond donors (Lipinski definition) is 4. The number of carboxylic acids is 1. The SMILES string of the molecule is CC(C=O)CC(CS)CNCC(=O)NCCCC(=O)O. The highest BCUT2D eigenvalue weighted by atomic mass is 32.1. The molecule has 6 nitrogen and oxygen atoms in total. The number of nitrogens with one attached hydrogen (secondary N) is 2. The lowest BCUT2D eigenvalue weighted by molar-refractivity contribution is -0.137. The molecule has 0 saturated carbocycles. The van der Waals surface area contributed by atoms with Crippen molar-refractivity contribution in [3.05, 3.63) is 0 Å². The van der Waals surface area contributed by atoms with Crippen LogP contribution in [0.4, 0.5) is 0 Å². The minimum Gasteiger partial charge on any atom is -0.481 e. The fraction of sp³-hybridized carbons (Fsp3) is 0.769. The van der Waals surface area contributed by atoms with Crippen LogP contribution in [0.3, 0.4) is 0 Å². The molecule has 2 atom stereocenters. The van der Waals surface area contributed by atoms with E-state index in [1.54, 1.807) is 0 Å². The zero-order valence-corrected chi connectivity index (χ0v) is 12.7. The van der Waals surface area contributed by atoms with Gasteiger partial charge in [0.2, 0.25) is 5.91 Å². The maximum Gasteiger partial charge on any atom is 0.303 e. The van der Waals surface area contributed by atoms with E-state index in [2.05, 4.69) is 23.3 Å². The first kappa shape index (κ1) is 18.9. The second-order valence-corrected chi connectivity index (χ2v) is 5.24. The molecular formula is C13H24N2O4S. The van der Waals surface area contributed by atoms with E-state index < -0.39 is 5.97 Å². The molecule has 3 N–H and O–H groups in total. The van der Waals surface area contributed by atoms with Gasteiger partial charge in [0, 0.05) is 18.9 Å². The number of carboxylic acid groups (broad SMARTS) is 1. The smallest absolute Gasteiger partial charge is 0.303 e. The summed E-state index contributed by atoms with van der Waals surface area (Å²) in [6, 6.07) is 0. The molecule has 2 unspecified atom stereocenters. The Morgan fingerprint density at radius 3 is 2.65 bits per heavy atom. The van der Waals surface area contributed by atoms with Gasteiger partial charge in [0.05, 0.1) is 6.54 Å². The minimum absolute atomic E-state index is 0.00112. The number of aldehydes is 1. The van der Waals surface area contributed by atoms with Crippen LogP contribution in [0.5, 0.6) is 0 Å². The average molecular weight is 304 g/mol. The number of rotatable bonds is 12. The van der Waals surface area contributed by atoms with Gasteiger partial charge in [-0.1, -0.05) is 6.92 Å². The van der Waals surface area contributed by atoms with Gasteiger partial charge in [-0.05, 0) is 31.1 Å². The summed E-state index contributed by atoms with van der Waals surface area (Å²) >= 11 is 4.23. The standard InChI is InChI=1S/C13H24N2O4S/c1-10(8-16)5-11(9-20)6-14-7-12(17)15-4-2-3-13(18)19/h8,10-11,14,20H,2-7,9H2,1H3,(H,15,17)(H,18,19). The Labute approximate surface area is 125 Å². The first-order valence-corrected chi connectivity index (χ1v) is 7.38. The van der Waals surface area contributed by atoms with E-state index in [0.717, 1.165) is 12.7 Å². The summed E-state index contributed by atoms with van der Waals surface area (Å²) in [5, 5.41) is 14.1. The van der Waals surface area contributed by atoms with Crippen molar-refractivity contribution in [1.29, 1.82) is 0 Å². The second kappa shape index (κ2) is 11.7. The Morgan fingerprint density at radius 1 is 1.40 bits per heavy atom. The molecular weight excluding hydrogens is 280 g/mol. The van der Waals surface area contributed by atoms with Crippen LogP contribution in [0.1, 0.15) is 26.2 Å². The zero-order valence-electron chi connectivity index (χ0n) is 11.8. The summed E-state index contributed by atoms with van der Waals surface area (Å²) < 4.78 is 0. The van der Waals surface area contributed by atoms with Crippen molar-refractivity contribution in [3.63, 3.8) is 0 Å². The number of hydrogen-bond acceptors (Lipinski definition) is 5. The zero-order chi connectivity index (χ0) is 15.4. The van der Waals surface area contributed by atoms with Crippen molar-refractivity contribution in [2.45, 2.75) is 26.2 Å². The maximum atomic E-state index is 11.4. The van der Waals surface area contributed by atoms with Crippen LogP contribution in [0.2, 0.25) is 0 Å². The van der Waals surface area contributed by atoms with Crippen molar-refractivity contribution in [2.75, 3.05) is 25.4 Å². The number of carbonyl (C=O) groups is 3. The van der Waals surface area contributed by atoms with Gasteiger partial charge in [0.25, 0.3) is 0 Å². The van der Waals surface area contributed by atoms with Crippen LogP contribution < -0.4 is 10.6 Å². The van der Waals surface area contributed by atoms with Gasteiger partial charge in [-0.25, -0.2) is 0 Å². The third kappa shape index (κ3) is 10.8. The molecule has 0 heterocycles. The molecule has 0 rings (SSSR count). The van der Waals surface area contributed by atoms with E-state index in [9.17, 15) is 14.4 Å². The third-order valence-electron chi connectivity index (χ3n) is 2.80. The molecule has 0 aliphatic carbocycles. The molecule has 116 valence electrons. The summed E-state index contributed by atoms with van der Waals surface area (Å²) in [5.41, 5.74) is 0. The predicted octanol–water partition coefficient (Wildman–Crippen LogP) is 0.328. The molecule has 1 amide bonds. The summed E-state index contributed by atoms with van der Waals surface area (Å²) in [4.78, 5) is 32.3. The fourth-order valence-electron chi connectivity index (χ4n) is 1.72. The molecule has 0 radical (unpaired) electrons. The van der Waals surface area contributed by atoms with Gasteiger partial charge < -0.3 is 20.5 Å². The lowest BCUT2D eigenvalue weighted by Gasteiger charge is -2.16. The van der Waals surface area contributed by atoms with E-state index in [1.807, 2.05) is 6.92 Å². The molecule has 0 fully saturated rings. The fourth-order valence-corrected chi connectivity index (χ4v) is 2.00. The van der Waals surface area contributed by atoms with Gasteiger partial charge >= 0.3 is 5.97 Å². The molecule has 0 aliphatic heterocycles. The Hall–Kier alpha value is -1.08. The normalized spacial score (nSPS) is 13.5. The second-order valence-electron chi connectivity index (χ2n) is 4.88. The van der Waals surface area contributed by atoms with Gasteiger partial charge in [-0.15, -0.1) is 0 Å². The Bertz CT molecular complexity index is 313. The molecule has 7 heteroatoms. The van der Waals surface area contributed by atoms with Crippen LogP contribution in [0, 0.1) is 11.8 Å². The molecule has 0 saturated heterocycles. The molecule has 0 spiro atoms. The summed E-state index contributed by atoms with van der Waals surface area (Å²) in [6.45, 7) is 3.04. The highest BCUT2D eigenvalue weighted by molar-refractivity contribution is 7.80. The molecule has 0 aromatic carbocycles. The largest absolute Gasteiger partial charge is 0.481 e. The Morgan fingerprint density at radius 2 is 2.10 bits per heavy atom. The molecule has 0 aromatic rings. The van der Waals surface area contributed by atoms with Gasteiger partial charge in [-0.2, -0.15) is 12.6 Å². The lowest BCUT2D eigenvalue weighted by atomic mass is 9.98. The third-order valence-corrected chi connectivity index (χ3v) is 3.32. The van der Waals surface area contributed by atoms with E-state index in [-0.39, 0.29) is 30.7 Å². The van der Waals surface area contributed by atoms with Crippen molar-refractivity contribution in [2.24, 2.45) is 11.8 Å². The van der Waals surface area contributed by atoms with Crippen LogP contribution >= 0.6 is 12.6 Å².